The van der Waals surface area contributed by atoms with Crippen LogP contribution in [-0.2, 0) is 11.2 Å². The van der Waals surface area contributed by atoms with Gasteiger partial charge in [-0.2, -0.15) is 0 Å². The van der Waals surface area contributed by atoms with Crippen molar-refractivity contribution in [3.8, 4) is 0 Å². The van der Waals surface area contributed by atoms with Crippen LogP contribution in [0.15, 0.2) is 24.3 Å². The van der Waals surface area contributed by atoms with Crippen molar-refractivity contribution < 1.29 is 9.90 Å². The van der Waals surface area contributed by atoms with Crippen LogP contribution >= 0.6 is 23.2 Å². The summed E-state index contributed by atoms with van der Waals surface area (Å²) in [5.41, 5.74) is 1.31. The minimum Gasteiger partial charge on any atom is -0.481 e. The van der Waals surface area contributed by atoms with Crippen molar-refractivity contribution in [2.75, 3.05) is 0 Å². The molecule has 1 aromatic heterocycles. The quantitative estimate of drug-likeness (QED) is 0.932. The molecule has 2 rings (SSSR count). The first-order valence-electron chi connectivity index (χ1n) is 5.45. The van der Waals surface area contributed by atoms with Gasteiger partial charge < -0.3 is 5.11 Å². The van der Waals surface area contributed by atoms with Crippen LogP contribution < -0.4 is 0 Å². The highest BCUT2D eigenvalue weighted by molar-refractivity contribution is 6.44. The fraction of sp³-hybridized carbons (Fsp3) is 0.231. The van der Waals surface area contributed by atoms with Crippen molar-refractivity contribution in [3.63, 3.8) is 0 Å². The Morgan fingerprint density at radius 1 is 1.33 bits per heavy atom. The number of hydrogen-bond acceptors (Lipinski definition) is 2. The Kier molecular flexibility index (Phi) is 3.73. The van der Waals surface area contributed by atoms with Crippen LogP contribution in [0.2, 0.25) is 10.0 Å². The Morgan fingerprint density at radius 3 is 2.67 bits per heavy atom. The molecule has 94 valence electrons. The highest BCUT2D eigenvalue weighted by Crippen LogP contribution is 2.29. The summed E-state index contributed by atoms with van der Waals surface area (Å²) in [5.74, 6) is -1.32. The summed E-state index contributed by atoms with van der Waals surface area (Å²) in [6.45, 7) is 1.65. The van der Waals surface area contributed by atoms with E-state index in [1.54, 1.807) is 13.0 Å². The van der Waals surface area contributed by atoms with Gasteiger partial charge in [0, 0.05) is 17.5 Å². The normalized spacial score (nSPS) is 12.6. The number of benzene rings is 1. The lowest BCUT2D eigenvalue weighted by Gasteiger charge is -2.08. The van der Waals surface area contributed by atoms with E-state index in [2.05, 4.69) is 4.98 Å². The van der Waals surface area contributed by atoms with Crippen LogP contribution in [0.4, 0.5) is 0 Å². The number of carbonyl (C=O) groups is 1. The summed E-state index contributed by atoms with van der Waals surface area (Å²) in [6, 6.07) is 7.23. The summed E-state index contributed by atoms with van der Waals surface area (Å²) in [4.78, 5) is 15.2. The Morgan fingerprint density at radius 2 is 2.00 bits per heavy atom. The maximum absolute atomic E-state index is 10.8. The molecular weight excluding hydrogens is 273 g/mol. The first-order valence-corrected chi connectivity index (χ1v) is 6.21. The summed E-state index contributed by atoms with van der Waals surface area (Å²) < 4.78 is 0. The molecule has 18 heavy (non-hydrogen) atoms. The second-order valence-electron chi connectivity index (χ2n) is 4.18. The number of carboxylic acids is 1. The molecule has 0 saturated carbocycles. The van der Waals surface area contributed by atoms with E-state index >= 15 is 0 Å². The van der Waals surface area contributed by atoms with Gasteiger partial charge in [-0.1, -0.05) is 42.3 Å². The molecule has 1 unspecified atom stereocenters. The van der Waals surface area contributed by atoms with Gasteiger partial charge in [-0.3, -0.25) is 9.78 Å². The lowest BCUT2D eigenvalue weighted by atomic mass is 10.0. The maximum Gasteiger partial charge on any atom is 0.306 e. The molecule has 1 atom stereocenters. The highest BCUT2D eigenvalue weighted by atomic mass is 35.5. The Balaban J connectivity index is 2.43. The standard InChI is InChI=1S/C13H11Cl2NO2/c1-7(13(17)18)6-9-4-2-8-3-5-10(14)11(15)12(8)16-9/h2-5,7H,6H2,1H3,(H,17,18). The molecule has 2 aromatic rings. The number of fused-ring (bicyclic) bond motifs is 1. The van der Waals surface area contributed by atoms with Gasteiger partial charge >= 0.3 is 5.97 Å². The van der Waals surface area contributed by atoms with Gasteiger partial charge in [0.1, 0.15) is 0 Å². The average molecular weight is 284 g/mol. The molecule has 0 aliphatic rings. The Labute approximate surface area is 114 Å². The van der Waals surface area contributed by atoms with Crippen molar-refractivity contribution in [2.45, 2.75) is 13.3 Å². The van der Waals surface area contributed by atoms with E-state index in [1.165, 1.54) is 0 Å². The van der Waals surface area contributed by atoms with E-state index in [-0.39, 0.29) is 0 Å². The van der Waals surface area contributed by atoms with Crippen molar-refractivity contribution >= 4 is 40.1 Å². The molecular formula is C13H11Cl2NO2. The fourth-order valence-corrected chi connectivity index (χ4v) is 2.05. The number of pyridine rings is 1. The predicted molar refractivity (Wildman–Crippen MR) is 72.3 cm³/mol. The highest BCUT2D eigenvalue weighted by Gasteiger charge is 2.13. The van der Waals surface area contributed by atoms with Gasteiger partial charge in [-0.05, 0) is 12.1 Å². The van der Waals surface area contributed by atoms with E-state index in [1.807, 2.05) is 18.2 Å². The molecule has 0 spiro atoms. The van der Waals surface area contributed by atoms with Crippen LogP contribution in [-0.4, -0.2) is 16.1 Å². The van der Waals surface area contributed by atoms with Crippen molar-refractivity contribution in [3.05, 3.63) is 40.0 Å². The smallest absolute Gasteiger partial charge is 0.306 e. The van der Waals surface area contributed by atoms with Crippen LogP contribution in [0.25, 0.3) is 10.9 Å². The number of halogens is 2. The number of aliphatic carboxylic acids is 1. The molecule has 0 bridgehead atoms. The molecule has 0 aliphatic carbocycles. The third-order valence-corrected chi connectivity index (χ3v) is 3.54. The predicted octanol–water partition coefficient (Wildman–Crippen LogP) is 3.80. The largest absolute Gasteiger partial charge is 0.481 e. The van der Waals surface area contributed by atoms with E-state index in [4.69, 9.17) is 28.3 Å². The van der Waals surface area contributed by atoms with Crippen LogP contribution in [0.3, 0.4) is 0 Å². The van der Waals surface area contributed by atoms with Gasteiger partial charge in [-0.25, -0.2) is 0 Å². The zero-order valence-corrected chi connectivity index (χ0v) is 11.2. The van der Waals surface area contributed by atoms with E-state index in [0.29, 0.717) is 27.7 Å². The monoisotopic (exact) mass is 283 g/mol. The summed E-state index contributed by atoms with van der Waals surface area (Å²) in [6.07, 6.45) is 0.369. The lowest BCUT2D eigenvalue weighted by molar-refractivity contribution is -0.141. The molecule has 0 aliphatic heterocycles. The minimum atomic E-state index is -0.839. The summed E-state index contributed by atoms with van der Waals surface area (Å²) in [7, 11) is 0. The van der Waals surface area contributed by atoms with Crippen molar-refractivity contribution in [1.29, 1.82) is 0 Å². The molecule has 0 amide bonds. The van der Waals surface area contributed by atoms with Gasteiger partial charge in [0.2, 0.25) is 0 Å². The molecule has 0 fully saturated rings. The van der Waals surface area contributed by atoms with E-state index in [0.717, 1.165) is 5.39 Å². The SMILES string of the molecule is CC(Cc1ccc2ccc(Cl)c(Cl)c2n1)C(=O)O. The first-order chi connectivity index (χ1) is 8.49. The van der Waals surface area contributed by atoms with Gasteiger partial charge in [-0.15, -0.1) is 0 Å². The maximum atomic E-state index is 10.8. The van der Waals surface area contributed by atoms with Crippen molar-refractivity contribution in [2.24, 2.45) is 5.92 Å². The van der Waals surface area contributed by atoms with E-state index < -0.39 is 11.9 Å². The topological polar surface area (TPSA) is 50.2 Å². The Hall–Kier alpha value is -1.32. The van der Waals surface area contributed by atoms with Crippen LogP contribution in [0.5, 0.6) is 0 Å². The number of aromatic nitrogens is 1. The van der Waals surface area contributed by atoms with Crippen molar-refractivity contribution in [1.82, 2.24) is 4.98 Å². The van der Waals surface area contributed by atoms with E-state index in [9.17, 15) is 4.79 Å². The minimum absolute atomic E-state index is 0.369. The van der Waals surface area contributed by atoms with Gasteiger partial charge in [0.15, 0.2) is 0 Å². The molecule has 1 heterocycles. The van der Waals surface area contributed by atoms with Gasteiger partial charge in [0.05, 0.1) is 21.5 Å². The molecule has 0 saturated heterocycles. The molecule has 1 aromatic carbocycles. The summed E-state index contributed by atoms with van der Waals surface area (Å²) >= 11 is 12.0. The first kappa shape index (κ1) is 13.1. The van der Waals surface area contributed by atoms with Gasteiger partial charge in [0.25, 0.3) is 0 Å². The number of nitrogens with zero attached hydrogens (tertiary/aromatic N) is 1. The van der Waals surface area contributed by atoms with Crippen LogP contribution in [0, 0.1) is 5.92 Å². The zero-order chi connectivity index (χ0) is 13.3. The average Bonchev–Trinajstić information content (AvgIpc) is 2.34. The third kappa shape index (κ3) is 2.57. The lowest BCUT2D eigenvalue weighted by Crippen LogP contribution is -2.13. The number of rotatable bonds is 3. The van der Waals surface area contributed by atoms with Crippen LogP contribution in [0.1, 0.15) is 12.6 Å². The molecule has 1 N–H and O–H groups in total. The molecule has 3 nitrogen and oxygen atoms in total. The number of hydrogen-bond donors (Lipinski definition) is 1. The third-order valence-electron chi connectivity index (χ3n) is 2.75. The molecule has 0 radical (unpaired) electrons. The number of carboxylic acid groups (broad SMARTS) is 1. The summed E-state index contributed by atoms with van der Waals surface area (Å²) in [5, 5.41) is 10.6. The second-order valence-corrected chi connectivity index (χ2v) is 4.96. The zero-order valence-electron chi connectivity index (χ0n) is 9.65. The Bertz CT molecular complexity index is 613. The fourth-order valence-electron chi connectivity index (χ4n) is 1.68. The second kappa shape index (κ2) is 5.12. The molecule has 5 heteroatoms.